The number of allylic oxidation sites excluding steroid dienone is 2. The summed E-state index contributed by atoms with van der Waals surface area (Å²) in [6, 6.07) is 14.9. The number of rotatable bonds is 5. The van der Waals surface area contributed by atoms with Crippen molar-refractivity contribution in [3.63, 3.8) is 0 Å². The Labute approximate surface area is 173 Å². The number of hydrogen-bond acceptors (Lipinski definition) is 5. The molecule has 6 nitrogen and oxygen atoms in total. The number of benzene rings is 2. The van der Waals surface area contributed by atoms with E-state index in [1.807, 2.05) is 12.2 Å². The van der Waals surface area contributed by atoms with E-state index in [9.17, 15) is 19.2 Å². The molecule has 1 saturated heterocycles. The first kappa shape index (κ1) is 18.5. The number of ketones is 1. The second kappa shape index (κ2) is 7.06. The molecule has 4 atom stereocenters. The van der Waals surface area contributed by atoms with Crippen molar-refractivity contribution in [1.29, 1.82) is 0 Å². The molecule has 6 heteroatoms. The molecule has 5 rings (SSSR count). The molecule has 150 valence electrons. The van der Waals surface area contributed by atoms with Crippen LogP contribution in [0.5, 0.6) is 0 Å². The quantitative estimate of drug-likeness (QED) is 0.333. The van der Waals surface area contributed by atoms with Gasteiger partial charge in [0.1, 0.15) is 0 Å². The lowest BCUT2D eigenvalue weighted by molar-refractivity contribution is -0.123. The first-order valence-electron chi connectivity index (χ1n) is 9.97. The average Bonchev–Trinajstić information content (AvgIpc) is 3.46. The number of esters is 1. The highest BCUT2D eigenvalue weighted by atomic mass is 16.5. The number of carbonyl (C=O) groups is 4. The highest BCUT2D eigenvalue weighted by Gasteiger charge is 2.59. The van der Waals surface area contributed by atoms with Crippen molar-refractivity contribution < 1.29 is 23.9 Å². The topological polar surface area (TPSA) is 80.8 Å². The predicted molar refractivity (Wildman–Crippen MR) is 108 cm³/mol. The lowest BCUT2D eigenvalue weighted by Crippen LogP contribution is -2.34. The van der Waals surface area contributed by atoms with Gasteiger partial charge >= 0.3 is 5.97 Å². The van der Waals surface area contributed by atoms with Crippen LogP contribution >= 0.6 is 0 Å². The van der Waals surface area contributed by atoms with E-state index in [-0.39, 0.29) is 52.5 Å². The summed E-state index contributed by atoms with van der Waals surface area (Å²) in [5.41, 5.74) is 0.762. The van der Waals surface area contributed by atoms with Crippen LogP contribution < -0.4 is 4.90 Å². The van der Waals surface area contributed by atoms with Crippen molar-refractivity contribution in [3.8, 4) is 0 Å². The Balaban J connectivity index is 1.37. The van der Waals surface area contributed by atoms with E-state index in [1.165, 1.54) is 6.07 Å². The second-order valence-corrected chi connectivity index (χ2v) is 7.89. The maximum absolute atomic E-state index is 13.1. The number of imide groups is 1. The van der Waals surface area contributed by atoms with Crippen LogP contribution in [0.25, 0.3) is 0 Å². The van der Waals surface area contributed by atoms with Crippen LogP contribution in [0.3, 0.4) is 0 Å². The van der Waals surface area contributed by atoms with Crippen LogP contribution in [0, 0.1) is 23.7 Å². The molecule has 1 heterocycles. The minimum atomic E-state index is -0.742. The fourth-order valence-corrected chi connectivity index (χ4v) is 4.90. The Morgan fingerprint density at radius 2 is 1.47 bits per heavy atom. The zero-order valence-electron chi connectivity index (χ0n) is 16.1. The number of carbonyl (C=O) groups excluding carboxylic acids is 4. The highest BCUT2D eigenvalue weighted by molar-refractivity contribution is 6.24. The van der Waals surface area contributed by atoms with Crippen molar-refractivity contribution in [3.05, 3.63) is 77.9 Å². The predicted octanol–water partition coefficient (Wildman–Crippen LogP) is 3.04. The molecule has 0 radical (unpaired) electrons. The fourth-order valence-electron chi connectivity index (χ4n) is 4.90. The summed E-state index contributed by atoms with van der Waals surface area (Å²) in [5.74, 6) is -2.12. The molecule has 2 aromatic carbocycles. The molecule has 2 bridgehead atoms. The Bertz CT molecular complexity index is 1060. The zero-order valence-corrected chi connectivity index (χ0v) is 16.1. The Hall–Kier alpha value is -3.54. The molecular formula is C24H19NO5. The molecule has 2 aromatic rings. The summed E-state index contributed by atoms with van der Waals surface area (Å²) in [7, 11) is 0. The molecule has 2 aliphatic carbocycles. The highest BCUT2D eigenvalue weighted by Crippen LogP contribution is 2.53. The average molecular weight is 401 g/mol. The number of Topliss-reactive ketones (excluding diaryl/α,β-unsaturated/α-hetero) is 1. The van der Waals surface area contributed by atoms with E-state index >= 15 is 0 Å². The lowest BCUT2D eigenvalue weighted by Gasteiger charge is -2.19. The van der Waals surface area contributed by atoms with Crippen LogP contribution in [0.15, 0.2) is 66.7 Å². The van der Waals surface area contributed by atoms with Gasteiger partial charge in [0, 0.05) is 5.56 Å². The van der Waals surface area contributed by atoms with Gasteiger partial charge in [-0.25, -0.2) is 9.69 Å². The summed E-state index contributed by atoms with van der Waals surface area (Å²) < 4.78 is 5.21. The molecule has 0 N–H and O–H groups in total. The number of nitrogens with zero attached hydrogens (tertiary/aromatic N) is 1. The van der Waals surface area contributed by atoms with E-state index in [4.69, 9.17) is 4.74 Å². The smallest absolute Gasteiger partial charge is 0.340 e. The molecule has 2 amide bonds. The molecule has 0 unspecified atom stereocenters. The third-order valence-corrected chi connectivity index (χ3v) is 6.27. The minimum Gasteiger partial charge on any atom is -0.454 e. The molecule has 30 heavy (non-hydrogen) atoms. The Morgan fingerprint density at radius 3 is 2.13 bits per heavy atom. The molecule has 3 aliphatic rings. The van der Waals surface area contributed by atoms with Crippen molar-refractivity contribution in [2.45, 2.75) is 6.42 Å². The second-order valence-electron chi connectivity index (χ2n) is 7.89. The first-order valence-corrected chi connectivity index (χ1v) is 9.97. The fraction of sp³-hybridized carbons (Fsp3) is 0.250. The van der Waals surface area contributed by atoms with Gasteiger partial charge in [-0.3, -0.25) is 14.4 Å². The van der Waals surface area contributed by atoms with Crippen molar-refractivity contribution in [2.24, 2.45) is 23.7 Å². The van der Waals surface area contributed by atoms with Gasteiger partial charge in [-0.2, -0.15) is 0 Å². The Kier molecular flexibility index (Phi) is 4.35. The number of amides is 2. The van der Waals surface area contributed by atoms with Crippen LogP contribution in [-0.2, 0) is 14.3 Å². The van der Waals surface area contributed by atoms with Crippen LogP contribution in [0.4, 0.5) is 5.69 Å². The van der Waals surface area contributed by atoms with Gasteiger partial charge in [0.05, 0.1) is 23.1 Å². The number of fused-ring (bicyclic) bond motifs is 5. The third-order valence-electron chi connectivity index (χ3n) is 6.27. The Morgan fingerprint density at radius 1 is 0.867 bits per heavy atom. The lowest BCUT2D eigenvalue weighted by atomic mass is 9.85. The normalized spacial score (nSPS) is 26.2. The molecule has 0 aromatic heterocycles. The minimum absolute atomic E-state index is 0.0871. The number of ether oxygens (including phenoxy) is 1. The van der Waals surface area contributed by atoms with Gasteiger partial charge in [-0.05, 0) is 30.4 Å². The number of hydrogen-bond donors (Lipinski definition) is 0. The van der Waals surface area contributed by atoms with Crippen molar-refractivity contribution in [2.75, 3.05) is 11.5 Å². The van der Waals surface area contributed by atoms with Crippen LogP contribution in [0.1, 0.15) is 27.1 Å². The van der Waals surface area contributed by atoms with Crippen LogP contribution in [-0.4, -0.2) is 30.2 Å². The standard InChI is InChI=1S/C24H19NO5/c26-19(14-6-2-1-3-7-14)13-30-24(29)17-8-4-5-9-18(17)25-22(27)20-15-10-11-16(12-15)21(20)23(25)28/h1-11,15-16,20-21H,12-13H2/t15-,16-,20+,21+/m1/s1. The van der Waals surface area contributed by atoms with Crippen LogP contribution in [0.2, 0.25) is 0 Å². The van der Waals surface area contributed by atoms with Gasteiger partial charge in [-0.15, -0.1) is 0 Å². The van der Waals surface area contributed by atoms with E-state index < -0.39 is 12.6 Å². The summed E-state index contributed by atoms with van der Waals surface area (Å²) in [4.78, 5) is 52.3. The molecular weight excluding hydrogens is 382 g/mol. The van der Waals surface area contributed by atoms with Crippen molar-refractivity contribution in [1.82, 2.24) is 0 Å². The van der Waals surface area contributed by atoms with E-state index in [0.29, 0.717) is 5.56 Å². The van der Waals surface area contributed by atoms with E-state index in [1.54, 1.807) is 48.5 Å². The SMILES string of the molecule is O=C(COC(=O)c1ccccc1N1C(=O)[C@@H]2[C@@H](C1=O)[C@@H]1C=C[C@@H]2C1)c1ccccc1. The van der Waals surface area contributed by atoms with Gasteiger partial charge in [0.2, 0.25) is 11.8 Å². The number of para-hydroxylation sites is 1. The molecule has 2 fully saturated rings. The third kappa shape index (κ3) is 2.79. The van der Waals surface area contributed by atoms with E-state index in [0.717, 1.165) is 11.3 Å². The summed E-state index contributed by atoms with van der Waals surface area (Å²) in [5, 5.41) is 0. The largest absolute Gasteiger partial charge is 0.454 e. The monoisotopic (exact) mass is 401 g/mol. The summed E-state index contributed by atoms with van der Waals surface area (Å²) in [6.07, 6.45) is 4.89. The molecule has 1 saturated carbocycles. The first-order chi connectivity index (χ1) is 14.6. The van der Waals surface area contributed by atoms with Gasteiger partial charge in [0.15, 0.2) is 12.4 Å². The summed E-state index contributed by atoms with van der Waals surface area (Å²) >= 11 is 0. The number of anilines is 1. The maximum Gasteiger partial charge on any atom is 0.340 e. The van der Waals surface area contributed by atoms with Gasteiger partial charge in [0.25, 0.3) is 0 Å². The van der Waals surface area contributed by atoms with E-state index in [2.05, 4.69) is 0 Å². The maximum atomic E-state index is 13.1. The molecule has 0 spiro atoms. The summed E-state index contributed by atoms with van der Waals surface area (Å²) in [6.45, 7) is -0.418. The van der Waals surface area contributed by atoms with Gasteiger partial charge in [-0.1, -0.05) is 54.6 Å². The van der Waals surface area contributed by atoms with Crippen molar-refractivity contribution >= 4 is 29.3 Å². The zero-order chi connectivity index (χ0) is 20.8. The molecule has 1 aliphatic heterocycles. The van der Waals surface area contributed by atoms with Gasteiger partial charge < -0.3 is 4.74 Å².